The number of hydrogen-bond donors (Lipinski definition) is 0. The molecule has 0 N–H and O–H groups in total. The van der Waals surface area contributed by atoms with Crippen LogP contribution in [0.1, 0.15) is 24.3 Å². The van der Waals surface area contributed by atoms with Crippen LogP contribution in [0.4, 0.5) is 4.39 Å². The summed E-state index contributed by atoms with van der Waals surface area (Å²) in [6.07, 6.45) is 1.70. The summed E-state index contributed by atoms with van der Waals surface area (Å²) < 4.78 is 18.5. The molecule has 178 valence electrons. The van der Waals surface area contributed by atoms with Gasteiger partial charge in [0.2, 0.25) is 17.6 Å². The smallest absolute Gasteiger partial charge is 0.241 e. The highest BCUT2D eigenvalue weighted by atomic mass is 19.1. The monoisotopic (exact) mass is 463 g/mol. The highest BCUT2D eigenvalue weighted by molar-refractivity contribution is 5.79. The van der Waals surface area contributed by atoms with E-state index in [0.717, 1.165) is 64.2 Å². The second kappa shape index (κ2) is 10.4. The molecule has 7 nitrogen and oxygen atoms in total. The molecule has 0 atom stereocenters. The molecule has 34 heavy (non-hydrogen) atoms. The summed E-state index contributed by atoms with van der Waals surface area (Å²) >= 11 is 0. The third-order valence-corrected chi connectivity index (χ3v) is 6.80. The number of amides is 1. The molecule has 2 aliphatic rings. The molecule has 2 saturated heterocycles. The number of rotatable bonds is 6. The molecule has 0 radical (unpaired) electrons. The van der Waals surface area contributed by atoms with E-state index in [2.05, 4.69) is 49.1 Å². The molecular formula is C26H30FN5O2. The first-order valence-corrected chi connectivity index (χ1v) is 12.0. The van der Waals surface area contributed by atoms with Gasteiger partial charge in [-0.15, -0.1) is 0 Å². The van der Waals surface area contributed by atoms with E-state index in [1.807, 2.05) is 6.07 Å². The number of carbonyl (C=O) groups excluding carboxylic acids is 1. The van der Waals surface area contributed by atoms with Crippen molar-refractivity contribution in [2.24, 2.45) is 5.92 Å². The van der Waals surface area contributed by atoms with Crippen molar-refractivity contribution in [1.29, 1.82) is 0 Å². The molecular weight excluding hydrogens is 433 g/mol. The van der Waals surface area contributed by atoms with Crippen LogP contribution in [0.3, 0.4) is 0 Å². The second-order valence-corrected chi connectivity index (χ2v) is 9.16. The van der Waals surface area contributed by atoms with Gasteiger partial charge in [-0.3, -0.25) is 14.6 Å². The van der Waals surface area contributed by atoms with Gasteiger partial charge in [0.05, 0.1) is 6.54 Å². The second-order valence-electron chi connectivity index (χ2n) is 9.16. The van der Waals surface area contributed by atoms with Crippen LogP contribution in [0.2, 0.25) is 0 Å². The number of benzene rings is 2. The van der Waals surface area contributed by atoms with Crippen LogP contribution in [0.25, 0.3) is 11.4 Å². The number of carbonyl (C=O) groups is 1. The first kappa shape index (κ1) is 22.7. The van der Waals surface area contributed by atoms with E-state index in [0.29, 0.717) is 24.2 Å². The number of halogens is 1. The van der Waals surface area contributed by atoms with Gasteiger partial charge in [-0.2, -0.15) is 4.98 Å². The average molecular weight is 464 g/mol. The van der Waals surface area contributed by atoms with Crippen molar-refractivity contribution in [3.8, 4) is 11.4 Å². The van der Waals surface area contributed by atoms with Gasteiger partial charge >= 0.3 is 0 Å². The average Bonchev–Trinajstić information content (AvgIpc) is 3.34. The number of nitrogens with zero attached hydrogens (tertiary/aromatic N) is 5. The molecule has 0 unspecified atom stereocenters. The lowest BCUT2D eigenvalue weighted by Crippen LogP contribution is -2.51. The number of hydrogen-bond acceptors (Lipinski definition) is 6. The first-order valence-electron chi connectivity index (χ1n) is 12.0. The highest BCUT2D eigenvalue weighted by Crippen LogP contribution is 2.23. The van der Waals surface area contributed by atoms with Crippen LogP contribution in [-0.2, 0) is 17.9 Å². The topological polar surface area (TPSA) is 65.7 Å². The fourth-order valence-corrected chi connectivity index (χ4v) is 4.79. The van der Waals surface area contributed by atoms with E-state index in [9.17, 15) is 9.18 Å². The van der Waals surface area contributed by atoms with E-state index in [1.165, 1.54) is 17.7 Å². The number of piperidine rings is 1. The van der Waals surface area contributed by atoms with Gasteiger partial charge in [-0.05, 0) is 55.8 Å². The summed E-state index contributed by atoms with van der Waals surface area (Å²) in [5.41, 5.74) is 2.05. The van der Waals surface area contributed by atoms with Crippen LogP contribution in [0.15, 0.2) is 59.1 Å². The summed E-state index contributed by atoms with van der Waals surface area (Å²) in [7, 11) is 0. The third kappa shape index (κ3) is 5.51. The molecule has 5 rings (SSSR count). The van der Waals surface area contributed by atoms with E-state index in [4.69, 9.17) is 4.52 Å². The number of aromatic nitrogens is 2. The normalized spacial score (nSPS) is 18.3. The molecule has 2 aliphatic heterocycles. The van der Waals surface area contributed by atoms with Crippen molar-refractivity contribution in [2.75, 3.05) is 39.3 Å². The fourth-order valence-electron chi connectivity index (χ4n) is 4.79. The van der Waals surface area contributed by atoms with Crippen LogP contribution in [0.5, 0.6) is 0 Å². The first-order chi connectivity index (χ1) is 16.6. The Morgan fingerprint density at radius 3 is 2.26 bits per heavy atom. The quantitative estimate of drug-likeness (QED) is 0.558. The van der Waals surface area contributed by atoms with Crippen molar-refractivity contribution in [3.05, 3.63) is 71.9 Å². The minimum atomic E-state index is -0.293. The van der Waals surface area contributed by atoms with Gasteiger partial charge in [-0.1, -0.05) is 35.5 Å². The van der Waals surface area contributed by atoms with E-state index >= 15 is 0 Å². The lowest BCUT2D eigenvalue weighted by molar-refractivity contribution is -0.139. The molecule has 0 bridgehead atoms. The van der Waals surface area contributed by atoms with Gasteiger partial charge in [0.1, 0.15) is 5.82 Å². The van der Waals surface area contributed by atoms with E-state index in [1.54, 1.807) is 12.1 Å². The maximum Gasteiger partial charge on any atom is 0.241 e. The molecule has 8 heteroatoms. The molecule has 0 aliphatic carbocycles. The zero-order valence-electron chi connectivity index (χ0n) is 19.3. The Hall–Kier alpha value is -3.10. The fraction of sp³-hybridized carbons (Fsp3) is 0.423. The Morgan fingerprint density at radius 1 is 0.882 bits per heavy atom. The van der Waals surface area contributed by atoms with Crippen molar-refractivity contribution < 1.29 is 13.7 Å². The Balaban J connectivity index is 1.06. The molecule has 3 aromatic rings. The van der Waals surface area contributed by atoms with Gasteiger partial charge < -0.3 is 9.42 Å². The zero-order valence-corrected chi connectivity index (χ0v) is 19.3. The molecule has 2 fully saturated rings. The van der Waals surface area contributed by atoms with Gasteiger partial charge in [0, 0.05) is 44.2 Å². The molecule has 0 spiro atoms. The Morgan fingerprint density at radius 2 is 1.56 bits per heavy atom. The van der Waals surface area contributed by atoms with Gasteiger partial charge in [0.15, 0.2) is 0 Å². The van der Waals surface area contributed by atoms with Crippen molar-refractivity contribution in [2.45, 2.75) is 25.9 Å². The molecule has 2 aromatic carbocycles. The van der Waals surface area contributed by atoms with Gasteiger partial charge in [0.25, 0.3) is 0 Å². The van der Waals surface area contributed by atoms with Crippen LogP contribution in [0, 0.1) is 11.7 Å². The maximum absolute atomic E-state index is 13.1. The lowest BCUT2D eigenvalue weighted by atomic mass is 9.95. The number of likely N-dealkylation sites (tertiary alicyclic amines) is 1. The summed E-state index contributed by atoms with van der Waals surface area (Å²) in [6.45, 7) is 6.63. The van der Waals surface area contributed by atoms with E-state index < -0.39 is 0 Å². The largest absolute Gasteiger partial charge is 0.340 e. The van der Waals surface area contributed by atoms with Crippen LogP contribution in [-0.4, -0.2) is 70.0 Å². The Bertz CT molecular complexity index is 1070. The summed E-state index contributed by atoms with van der Waals surface area (Å²) in [5, 5.41) is 4.02. The van der Waals surface area contributed by atoms with Crippen LogP contribution >= 0.6 is 0 Å². The molecule has 1 aromatic heterocycles. The third-order valence-electron chi connectivity index (χ3n) is 6.80. The predicted octanol–water partition coefficient (Wildman–Crippen LogP) is 3.43. The van der Waals surface area contributed by atoms with Crippen molar-refractivity contribution in [3.63, 3.8) is 0 Å². The minimum absolute atomic E-state index is 0.0920. The summed E-state index contributed by atoms with van der Waals surface area (Å²) in [6, 6.07) is 16.6. The molecule has 0 saturated carbocycles. The van der Waals surface area contributed by atoms with E-state index in [-0.39, 0.29) is 11.7 Å². The van der Waals surface area contributed by atoms with Crippen molar-refractivity contribution >= 4 is 5.91 Å². The molecule has 3 heterocycles. The van der Waals surface area contributed by atoms with Crippen LogP contribution < -0.4 is 0 Å². The van der Waals surface area contributed by atoms with Gasteiger partial charge in [-0.25, -0.2) is 4.39 Å². The Kier molecular flexibility index (Phi) is 6.97. The number of piperazine rings is 1. The lowest BCUT2D eigenvalue weighted by Gasteiger charge is -2.38. The highest BCUT2D eigenvalue weighted by Gasteiger charge is 2.31. The maximum atomic E-state index is 13.1. The predicted molar refractivity (Wildman–Crippen MR) is 126 cm³/mol. The molecule has 1 amide bonds. The summed E-state index contributed by atoms with van der Waals surface area (Å²) in [4.78, 5) is 24.3. The van der Waals surface area contributed by atoms with Crippen molar-refractivity contribution in [1.82, 2.24) is 24.8 Å². The Labute approximate surface area is 199 Å². The summed E-state index contributed by atoms with van der Waals surface area (Å²) in [5.74, 6) is 1.11. The zero-order chi connectivity index (χ0) is 23.3. The SMILES string of the molecule is O=C(C1CCN(Cc2nc(-c3ccc(F)cc3)no2)CC1)N1CCN(Cc2ccccc2)CC1. The minimum Gasteiger partial charge on any atom is -0.340 e. The standard InChI is InChI=1S/C26H30FN5O2/c27-23-8-6-21(7-9-23)25-28-24(34-29-25)19-30-12-10-22(11-13-30)26(33)32-16-14-31(15-17-32)18-20-4-2-1-3-5-20/h1-9,22H,10-19H2.